The lowest BCUT2D eigenvalue weighted by Gasteiger charge is -2.23. The summed E-state index contributed by atoms with van der Waals surface area (Å²) in [5.74, 6) is 0. The Balaban J connectivity index is 2.16. The number of rotatable bonds is 2. The van der Waals surface area contributed by atoms with Crippen molar-refractivity contribution in [3.8, 4) is 0 Å². The summed E-state index contributed by atoms with van der Waals surface area (Å²) in [7, 11) is -3.71. The molecule has 0 radical (unpaired) electrons. The van der Waals surface area contributed by atoms with Crippen LogP contribution in [-0.2, 0) is 10.0 Å². The Morgan fingerprint density at radius 2 is 2.10 bits per heavy atom. The van der Waals surface area contributed by atoms with Crippen molar-refractivity contribution in [2.45, 2.75) is 17.9 Å². The number of anilines is 1. The molecule has 3 rings (SSSR count). The van der Waals surface area contributed by atoms with Gasteiger partial charge in [0.2, 0.25) is 0 Å². The van der Waals surface area contributed by atoms with Gasteiger partial charge in [-0.05, 0) is 25.0 Å². The highest BCUT2D eigenvalue weighted by Crippen LogP contribution is 2.30. The summed E-state index contributed by atoms with van der Waals surface area (Å²) < 4.78 is 26.7. The van der Waals surface area contributed by atoms with Gasteiger partial charge in [0, 0.05) is 12.1 Å². The molecule has 1 aliphatic rings. The second-order valence-electron chi connectivity index (χ2n) is 4.67. The molecule has 0 spiro atoms. The number of para-hydroxylation sites is 1. The van der Waals surface area contributed by atoms with Crippen molar-refractivity contribution in [2.24, 2.45) is 5.16 Å². The normalized spacial score (nSPS) is 17.5. The maximum atomic E-state index is 12.7. The average molecular weight is 306 g/mol. The summed E-state index contributed by atoms with van der Waals surface area (Å²) in [4.78, 5) is 0. The highest BCUT2D eigenvalue weighted by atomic mass is 32.2. The zero-order chi connectivity index (χ0) is 14.9. The van der Waals surface area contributed by atoms with Gasteiger partial charge >= 0.3 is 0 Å². The van der Waals surface area contributed by atoms with E-state index < -0.39 is 10.0 Å². The molecule has 8 heteroatoms. The van der Waals surface area contributed by atoms with Crippen molar-refractivity contribution in [3.63, 3.8) is 0 Å². The fraction of sp³-hybridized carbons (Fsp3) is 0.231. The quantitative estimate of drug-likeness (QED) is 0.650. The molecule has 0 unspecified atom stereocenters. The van der Waals surface area contributed by atoms with Crippen LogP contribution in [0.2, 0.25) is 0 Å². The minimum atomic E-state index is -3.71. The first-order chi connectivity index (χ1) is 10.1. The Hall–Kier alpha value is -2.35. The third-order valence-electron chi connectivity index (χ3n) is 3.42. The number of aromatic amines is 1. The fourth-order valence-electron chi connectivity index (χ4n) is 2.44. The lowest BCUT2D eigenvalue weighted by molar-refractivity contribution is 0.318. The second-order valence-corrected chi connectivity index (χ2v) is 6.50. The first kappa shape index (κ1) is 13.6. The predicted molar refractivity (Wildman–Crippen MR) is 77.1 cm³/mol. The van der Waals surface area contributed by atoms with Crippen molar-refractivity contribution in [3.05, 3.63) is 42.1 Å². The van der Waals surface area contributed by atoms with E-state index in [1.54, 1.807) is 24.3 Å². The van der Waals surface area contributed by atoms with E-state index in [4.69, 9.17) is 5.21 Å². The number of fused-ring (bicyclic) bond motifs is 1. The van der Waals surface area contributed by atoms with Crippen molar-refractivity contribution in [1.82, 2.24) is 10.2 Å². The molecule has 0 saturated heterocycles. The number of H-pyrrole nitrogens is 1. The molecule has 110 valence electrons. The number of nitrogens with one attached hydrogen (secondary N) is 1. The van der Waals surface area contributed by atoms with Gasteiger partial charge in [-0.3, -0.25) is 9.40 Å². The SMILES string of the molecule is O=S(=O)(c1ccn[nH]1)N1CCC/C(=N/O)c2ccccc21. The van der Waals surface area contributed by atoms with Crippen molar-refractivity contribution in [2.75, 3.05) is 10.8 Å². The largest absolute Gasteiger partial charge is 0.411 e. The van der Waals surface area contributed by atoms with Gasteiger partial charge in [0.1, 0.15) is 0 Å². The van der Waals surface area contributed by atoms with Gasteiger partial charge in [-0.15, -0.1) is 0 Å². The molecule has 7 nitrogen and oxygen atoms in total. The van der Waals surface area contributed by atoms with Crippen LogP contribution in [0.15, 0.2) is 46.7 Å². The van der Waals surface area contributed by atoms with Crippen LogP contribution in [0.3, 0.4) is 0 Å². The maximum Gasteiger partial charge on any atom is 0.281 e. The minimum absolute atomic E-state index is 0.0432. The summed E-state index contributed by atoms with van der Waals surface area (Å²) in [6, 6.07) is 8.43. The molecule has 0 saturated carbocycles. The number of benzene rings is 1. The third kappa shape index (κ3) is 2.27. The molecule has 1 aromatic heterocycles. The van der Waals surface area contributed by atoms with Gasteiger partial charge in [-0.1, -0.05) is 23.4 Å². The monoisotopic (exact) mass is 306 g/mol. The van der Waals surface area contributed by atoms with Crippen LogP contribution in [0, 0.1) is 0 Å². The Morgan fingerprint density at radius 1 is 1.29 bits per heavy atom. The molecule has 0 bridgehead atoms. The van der Waals surface area contributed by atoms with E-state index in [0.717, 1.165) is 0 Å². The molecule has 2 aromatic rings. The van der Waals surface area contributed by atoms with E-state index in [1.807, 2.05) is 0 Å². The fourth-order valence-corrected chi connectivity index (χ4v) is 3.87. The van der Waals surface area contributed by atoms with E-state index in [1.165, 1.54) is 16.6 Å². The van der Waals surface area contributed by atoms with E-state index in [-0.39, 0.29) is 5.03 Å². The summed E-state index contributed by atoms with van der Waals surface area (Å²) in [6.45, 7) is 0.317. The molecule has 0 atom stereocenters. The molecule has 0 aliphatic carbocycles. The minimum Gasteiger partial charge on any atom is -0.411 e. The molecule has 21 heavy (non-hydrogen) atoms. The van der Waals surface area contributed by atoms with Gasteiger partial charge in [0.25, 0.3) is 10.0 Å². The van der Waals surface area contributed by atoms with Gasteiger partial charge in [-0.25, -0.2) is 0 Å². The van der Waals surface area contributed by atoms with E-state index in [9.17, 15) is 8.42 Å². The first-order valence-electron chi connectivity index (χ1n) is 6.47. The van der Waals surface area contributed by atoms with Gasteiger partial charge in [0.05, 0.1) is 17.6 Å². The van der Waals surface area contributed by atoms with Crippen LogP contribution >= 0.6 is 0 Å². The third-order valence-corrected chi connectivity index (χ3v) is 5.17. The molecular formula is C13H14N4O3S. The van der Waals surface area contributed by atoms with Crippen LogP contribution in [0.5, 0.6) is 0 Å². The lowest BCUT2D eigenvalue weighted by atomic mass is 10.1. The topological polar surface area (TPSA) is 98.7 Å². The maximum absolute atomic E-state index is 12.7. The number of hydrogen-bond acceptors (Lipinski definition) is 5. The van der Waals surface area contributed by atoms with Crippen molar-refractivity contribution >= 4 is 21.4 Å². The summed E-state index contributed by atoms with van der Waals surface area (Å²) >= 11 is 0. The zero-order valence-electron chi connectivity index (χ0n) is 11.1. The highest BCUT2D eigenvalue weighted by molar-refractivity contribution is 7.92. The number of oxime groups is 1. The Bertz CT molecular complexity index is 768. The van der Waals surface area contributed by atoms with Crippen LogP contribution in [-0.4, -0.2) is 36.1 Å². The Labute approximate surface area is 122 Å². The number of hydrogen-bond donors (Lipinski definition) is 2. The predicted octanol–water partition coefficient (Wildman–Crippen LogP) is 1.58. The number of nitrogens with zero attached hydrogens (tertiary/aromatic N) is 3. The van der Waals surface area contributed by atoms with Gasteiger partial charge in [0.15, 0.2) is 5.03 Å². The van der Waals surface area contributed by atoms with Crippen LogP contribution in [0.1, 0.15) is 18.4 Å². The van der Waals surface area contributed by atoms with Crippen molar-refractivity contribution < 1.29 is 13.6 Å². The average Bonchev–Trinajstić information content (AvgIpc) is 2.96. The standard InChI is InChI=1S/C13H14N4O3S/c18-16-11-5-3-9-17(12-6-2-1-4-10(11)12)21(19,20)13-7-8-14-15-13/h1-2,4,6-8,18H,3,5,9H2,(H,14,15)/b16-11-. The molecule has 0 fully saturated rings. The van der Waals surface area contributed by atoms with Crippen molar-refractivity contribution in [1.29, 1.82) is 0 Å². The van der Waals surface area contributed by atoms with E-state index >= 15 is 0 Å². The Morgan fingerprint density at radius 3 is 2.81 bits per heavy atom. The molecule has 1 aliphatic heterocycles. The summed E-state index contributed by atoms with van der Waals surface area (Å²) in [5.41, 5.74) is 1.63. The summed E-state index contributed by atoms with van der Waals surface area (Å²) in [6.07, 6.45) is 2.49. The lowest BCUT2D eigenvalue weighted by Crippen LogP contribution is -2.32. The number of aromatic nitrogens is 2. The molecule has 0 amide bonds. The van der Waals surface area contributed by atoms with Crippen LogP contribution in [0.4, 0.5) is 5.69 Å². The smallest absolute Gasteiger partial charge is 0.281 e. The van der Waals surface area contributed by atoms with Gasteiger partial charge < -0.3 is 5.21 Å². The highest BCUT2D eigenvalue weighted by Gasteiger charge is 2.30. The molecule has 2 heterocycles. The van der Waals surface area contributed by atoms with Gasteiger partial charge in [-0.2, -0.15) is 13.5 Å². The summed E-state index contributed by atoms with van der Waals surface area (Å²) in [5, 5.41) is 18.7. The first-order valence-corrected chi connectivity index (χ1v) is 7.91. The van der Waals surface area contributed by atoms with Crippen LogP contribution in [0.25, 0.3) is 0 Å². The second kappa shape index (κ2) is 5.21. The van der Waals surface area contributed by atoms with Crippen LogP contribution < -0.4 is 4.31 Å². The molecule has 2 N–H and O–H groups in total. The molecule has 1 aromatic carbocycles. The van der Waals surface area contributed by atoms with E-state index in [2.05, 4.69) is 15.4 Å². The molecular weight excluding hydrogens is 292 g/mol. The Kier molecular flexibility index (Phi) is 3.38. The van der Waals surface area contributed by atoms with E-state index in [0.29, 0.717) is 36.3 Å². The number of sulfonamides is 1. The zero-order valence-corrected chi connectivity index (χ0v) is 11.9.